The van der Waals surface area contributed by atoms with Gasteiger partial charge in [-0.2, -0.15) is 11.8 Å². The normalized spacial score (nSPS) is 24.6. The highest BCUT2D eigenvalue weighted by Gasteiger charge is 2.34. The maximum absolute atomic E-state index is 12.1. The first-order chi connectivity index (χ1) is 8.19. The minimum atomic E-state index is -0.183. The van der Waals surface area contributed by atoms with E-state index in [2.05, 4.69) is 23.8 Å². The zero-order valence-corrected chi connectivity index (χ0v) is 12.0. The lowest BCUT2D eigenvalue weighted by Crippen LogP contribution is -2.48. The van der Waals surface area contributed by atoms with Gasteiger partial charge in [-0.1, -0.05) is 6.42 Å². The van der Waals surface area contributed by atoms with Crippen molar-refractivity contribution in [1.82, 2.24) is 10.6 Å². The Labute approximate surface area is 109 Å². The number of nitrogens with one attached hydrogen (secondary N) is 2. The van der Waals surface area contributed by atoms with Crippen molar-refractivity contribution in [3.8, 4) is 0 Å². The summed E-state index contributed by atoms with van der Waals surface area (Å²) >= 11 is 1.89. The van der Waals surface area contributed by atoms with Crippen LogP contribution in [0.25, 0.3) is 0 Å². The molecule has 1 atom stereocenters. The molecule has 0 aromatic rings. The molecule has 0 saturated carbocycles. The van der Waals surface area contributed by atoms with Crippen LogP contribution in [0, 0.1) is 5.41 Å². The molecular formula is C13H26N2OS. The molecule has 100 valence electrons. The average molecular weight is 258 g/mol. The lowest BCUT2D eigenvalue weighted by atomic mass is 9.82. The van der Waals surface area contributed by atoms with Gasteiger partial charge in [0, 0.05) is 13.1 Å². The summed E-state index contributed by atoms with van der Waals surface area (Å²) in [4.78, 5) is 12.1. The molecule has 0 spiro atoms. The fourth-order valence-electron chi connectivity index (χ4n) is 2.21. The average Bonchev–Trinajstić information content (AvgIpc) is 2.34. The van der Waals surface area contributed by atoms with Gasteiger partial charge in [0.2, 0.25) is 5.91 Å². The van der Waals surface area contributed by atoms with Crippen molar-refractivity contribution >= 4 is 17.7 Å². The minimum Gasteiger partial charge on any atom is -0.356 e. The van der Waals surface area contributed by atoms with Gasteiger partial charge in [-0.25, -0.2) is 0 Å². The predicted molar refractivity (Wildman–Crippen MR) is 75.5 cm³/mol. The van der Waals surface area contributed by atoms with Crippen LogP contribution in [-0.2, 0) is 4.79 Å². The van der Waals surface area contributed by atoms with Crippen molar-refractivity contribution in [2.45, 2.75) is 39.0 Å². The summed E-state index contributed by atoms with van der Waals surface area (Å²) in [7, 11) is 0. The second-order valence-corrected chi connectivity index (χ2v) is 6.14. The highest BCUT2D eigenvalue weighted by Crippen LogP contribution is 2.25. The summed E-state index contributed by atoms with van der Waals surface area (Å²) in [6.07, 6.45) is 7.84. The Morgan fingerprint density at radius 3 is 2.88 bits per heavy atom. The third kappa shape index (κ3) is 5.30. The molecule has 0 aromatic carbocycles. The van der Waals surface area contributed by atoms with Gasteiger partial charge in [-0.05, 0) is 51.2 Å². The van der Waals surface area contributed by atoms with E-state index in [4.69, 9.17) is 0 Å². The van der Waals surface area contributed by atoms with Crippen LogP contribution in [0.5, 0.6) is 0 Å². The van der Waals surface area contributed by atoms with E-state index < -0.39 is 0 Å². The smallest absolute Gasteiger partial charge is 0.227 e. The molecule has 1 saturated heterocycles. The second kappa shape index (κ2) is 7.98. The molecule has 0 bridgehead atoms. The van der Waals surface area contributed by atoms with Gasteiger partial charge in [0.05, 0.1) is 5.41 Å². The van der Waals surface area contributed by atoms with E-state index in [9.17, 15) is 4.79 Å². The van der Waals surface area contributed by atoms with Crippen molar-refractivity contribution in [2.24, 2.45) is 5.41 Å². The molecule has 1 aliphatic heterocycles. The van der Waals surface area contributed by atoms with Crippen LogP contribution in [0.15, 0.2) is 0 Å². The lowest BCUT2D eigenvalue weighted by Gasteiger charge is -2.32. The van der Waals surface area contributed by atoms with Gasteiger partial charge in [0.15, 0.2) is 0 Å². The van der Waals surface area contributed by atoms with E-state index in [-0.39, 0.29) is 11.3 Å². The Bertz CT molecular complexity index is 227. The summed E-state index contributed by atoms with van der Waals surface area (Å²) in [6.45, 7) is 4.79. The summed E-state index contributed by atoms with van der Waals surface area (Å²) < 4.78 is 0. The topological polar surface area (TPSA) is 41.1 Å². The van der Waals surface area contributed by atoms with Crippen molar-refractivity contribution in [2.75, 3.05) is 31.6 Å². The number of thioether (sulfide) groups is 1. The first-order valence-electron chi connectivity index (χ1n) is 6.67. The number of hydrogen-bond acceptors (Lipinski definition) is 3. The molecule has 0 aromatic heterocycles. The van der Waals surface area contributed by atoms with E-state index in [0.717, 1.165) is 38.9 Å². The number of piperidine rings is 1. The van der Waals surface area contributed by atoms with E-state index in [1.807, 2.05) is 11.8 Å². The van der Waals surface area contributed by atoms with E-state index in [1.165, 1.54) is 18.6 Å². The van der Waals surface area contributed by atoms with Crippen LogP contribution in [-0.4, -0.2) is 37.6 Å². The Kier molecular flexibility index (Phi) is 6.97. The number of rotatable bonds is 7. The molecule has 1 unspecified atom stereocenters. The quantitative estimate of drug-likeness (QED) is 0.687. The Morgan fingerprint density at radius 2 is 2.24 bits per heavy atom. The molecule has 3 nitrogen and oxygen atoms in total. The molecule has 1 fully saturated rings. The van der Waals surface area contributed by atoms with Crippen LogP contribution in [0.3, 0.4) is 0 Å². The Morgan fingerprint density at radius 1 is 1.41 bits per heavy atom. The standard InChI is InChI=1S/C13H26N2OS/c1-13(7-6-8-14-11-13)12(16)15-9-4-3-5-10-17-2/h14H,3-11H2,1-2H3,(H,15,16). The fraction of sp³-hybridized carbons (Fsp3) is 0.923. The fourth-order valence-corrected chi connectivity index (χ4v) is 2.71. The number of carbonyl (C=O) groups is 1. The molecule has 1 rings (SSSR count). The van der Waals surface area contributed by atoms with E-state index >= 15 is 0 Å². The van der Waals surface area contributed by atoms with E-state index in [1.54, 1.807) is 0 Å². The van der Waals surface area contributed by atoms with Gasteiger partial charge < -0.3 is 10.6 Å². The second-order valence-electron chi connectivity index (χ2n) is 5.15. The molecular weight excluding hydrogens is 232 g/mol. The SMILES string of the molecule is CSCCCCCNC(=O)C1(C)CCCNC1. The van der Waals surface area contributed by atoms with Crippen LogP contribution in [0.1, 0.15) is 39.0 Å². The summed E-state index contributed by atoms with van der Waals surface area (Å²) in [5.41, 5.74) is -0.183. The van der Waals surface area contributed by atoms with E-state index in [0.29, 0.717) is 0 Å². The first kappa shape index (κ1) is 14.8. The number of carbonyl (C=O) groups excluding carboxylic acids is 1. The summed E-state index contributed by atoms with van der Waals surface area (Å²) in [6, 6.07) is 0. The first-order valence-corrected chi connectivity index (χ1v) is 8.06. The largest absolute Gasteiger partial charge is 0.356 e. The molecule has 0 aliphatic carbocycles. The lowest BCUT2D eigenvalue weighted by molar-refractivity contribution is -0.131. The van der Waals surface area contributed by atoms with Gasteiger partial charge in [0.25, 0.3) is 0 Å². The Balaban J connectivity index is 2.11. The maximum Gasteiger partial charge on any atom is 0.227 e. The highest BCUT2D eigenvalue weighted by molar-refractivity contribution is 7.98. The number of unbranched alkanes of at least 4 members (excludes halogenated alkanes) is 2. The number of amides is 1. The molecule has 1 amide bonds. The van der Waals surface area contributed by atoms with Gasteiger partial charge in [0.1, 0.15) is 0 Å². The molecule has 1 heterocycles. The maximum atomic E-state index is 12.1. The van der Waals surface area contributed by atoms with Crippen LogP contribution < -0.4 is 10.6 Å². The van der Waals surface area contributed by atoms with Crippen molar-refractivity contribution in [3.05, 3.63) is 0 Å². The third-order valence-corrected chi connectivity index (χ3v) is 4.15. The minimum absolute atomic E-state index is 0.183. The summed E-state index contributed by atoms with van der Waals surface area (Å²) in [5, 5.41) is 6.40. The molecule has 1 aliphatic rings. The zero-order chi connectivity index (χ0) is 12.6. The van der Waals surface area contributed by atoms with Crippen LogP contribution in [0.2, 0.25) is 0 Å². The van der Waals surface area contributed by atoms with Crippen molar-refractivity contribution in [3.63, 3.8) is 0 Å². The van der Waals surface area contributed by atoms with Gasteiger partial charge in [-0.3, -0.25) is 4.79 Å². The van der Waals surface area contributed by atoms with Crippen LogP contribution in [0.4, 0.5) is 0 Å². The monoisotopic (exact) mass is 258 g/mol. The highest BCUT2D eigenvalue weighted by atomic mass is 32.2. The number of hydrogen-bond donors (Lipinski definition) is 2. The molecule has 17 heavy (non-hydrogen) atoms. The molecule has 2 N–H and O–H groups in total. The Hall–Kier alpha value is -0.220. The van der Waals surface area contributed by atoms with Gasteiger partial charge in [-0.15, -0.1) is 0 Å². The summed E-state index contributed by atoms with van der Waals surface area (Å²) in [5.74, 6) is 1.46. The van der Waals surface area contributed by atoms with Gasteiger partial charge >= 0.3 is 0 Å². The molecule has 0 radical (unpaired) electrons. The van der Waals surface area contributed by atoms with Crippen LogP contribution >= 0.6 is 11.8 Å². The zero-order valence-electron chi connectivity index (χ0n) is 11.2. The van der Waals surface area contributed by atoms with Crippen molar-refractivity contribution < 1.29 is 4.79 Å². The van der Waals surface area contributed by atoms with Crippen molar-refractivity contribution in [1.29, 1.82) is 0 Å². The molecule has 4 heteroatoms. The third-order valence-electron chi connectivity index (χ3n) is 3.46. The predicted octanol–water partition coefficient (Wildman–Crippen LogP) is 2.03.